The fourth-order valence-electron chi connectivity index (χ4n) is 1.66. The van der Waals surface area contributed by atoms with Crippen molar-refractivity contribution >= 4 is 17.7 Å². The third-order valence-electron chi connectivity index (χ3n) is 2.60. The van der Waals surface area contributed by atoms with Crippen LogP contribution in [0.15, 0.2) is 30.3 Å². The maximum atomic E-state index is 9.14. The van der Waals surface area contributed by atoms with Gasteiger partial charge in [0, 0.05) is 11.6 Å². The molecule has 2 heteroatoms. The maximum Gasteiger partial charge on any atom is 0.0462 e. The molecule has 0 amide bonds. The predicted octanol–water partition coefficient (Wildman–Crippen LogP) is 4.15. The molecule has 0 radical (unpaired) electrons. The lowest BCUT2D eigenvalue weighted by atomic mass is 10.0. The van der Waals surface area contributed by atoms with Crippen LogP contribution in [0.5, 0.6) is 0 Å². The summed E-state index contributed by atoms with van der Waals surface area (Å²) in [7, 11) is 0. The van der Waals surface area contributed by atoms with Gasteiger partial charge in [-0.25, -0.2) is 0 Å². The average molecular weight is 239 g/mol. The summed E-state index contributed by atoms with van der Waals surface area (Å²) in [6.07, 6.45) is 7.35. The predicted molar refractivity (Wildman–Crippen MR) is 70.6 cm³/mol. The number of halogens is 1. The number of benzene rings is 1. The standard InChI is InChI=1S/C14H19ClO/c1-2-4-13(11-16)6-3-5-12-7-9-14(15)10-8-12/h3,5,7-10,13,16H,2,4,6,11H2,1H3/b5-3+. The first kappa shape index (κ1) is 13.3. The van der Waals surface area contributed by atoms with Crippen LogP contribution in [-0.2, 0) is 0 Å². The second-order valence-corrected chi connectivity index (χ2v) is 4.46. The van der Waals surface area contributed by atoms with Crippen molar-refractivity contribution in [1.29, 1.82) is 0 Å². The van der Waals surface area contributed by atoms with Crippen molar-refractivity contribution < 1.29 is 5.11 Å². The van der Waals surface area contributed by atoms with Crippen LogP contribution in [0.3, 0.4) is 0 Å². The van der Waals surface area contributed by atoms with Gasteiger partial charge in [0.25, 0.3) is 0 Å². The van der Waals surface area contributed by atoms with E-state index in [-0.39, 0.29) is 6.61 Å². The molecule has 1 atom stereocenters. The minimum atomic E-state index is 0.277. The highest BCUT2D eigenvalue weighted by Crippen LogP contribution is 2.14. The summed E-state index contributed by atoms with van der Waals surface area (Å²) in [5.41, 5.74) is 1.15. The van der Waals surface area contributed by atoms with Crippen LogP contribution >= 0.6 is 11.6 Å². The number of aliphatic hydroxyl groups excluding tert-OH is 1. The Kier molecular flexibility index (Phi) is 6.20. The largest absolute Gasteiger partial charge is 0.396 e. The Labute approximate surface area is 103 Å². The summed E-state index contributed by atoms with van der Waals surface area (Å²) in [6, 6.07) is 7.76. The van der Waals surface area contributed by atoms with Gasteiger partial charge in [0.2, 0.25) is 0 Å². The normalized spacial score (nSPS) is 13.2. The molecule has 16 heavy (non-hydrogen) atoms. The SMILES string of the molecule is CCCC(CO)C/C=C/c1ccc(Cl)cc1. The fraction of sp³-hybridized carbons (Fsp3) is 0.429. The van der Waals surface area contributed by atoms with E-state index in [2.05, 4.69) is 19.1 Å². The highest BCUT2D eigenvalue weighted by Gasteiger charge is 2.02. The molecule has 1 aromatic carbocycles. The molecule has 88 valence electrons. The van der Waals surface area contributed by atoms with Gasteiger partial charge in [0.1, 0.15) is 0 Å². The molecule has 1 unspecified atom stereocenters. The van der Waals surface area contributed by atoms with E-state index in [1.165, 1.54) is 0 Å². The highest BCUT2D eigenvalue weighted by molar-refractivity contribution is 6.30. The number of hydrogen-bond acceptors (Lipinski definition) is 1. The van der Waals surface area contributed by atoms with Crippen LogP contribution in [0.1, 0.15) is 31.7 Å². The lowest BCUT2D eigenvalue weighted by Gasteiger charge is -2.09. The van der Waals surface area contributed by atoms with Gasteiger partial charge < -0.3 is 5.11 Å². The number of allylic oxidation sites excluding steroid dienone is 1. The van der Waals surface area contributed by atoms with E-state index in [0.29, 0.717) is 5.92 Å². The first-order chi connectivity index (χ1) is 7.76. The fourth-order valence-corrected chi connectivity index (χ4v) is 1.79. The van der Waals surface area contributed by atoms with Crippen molar-refractivity contribution in [3.63, 3.8) is 0 Å². The van der Waals surface area contributed by atoms with Crippen molar-refractivity contribution in [2.45, 2.75) is 26.2 Å². The Balaban J connectivity index is 2.44. The van der Waals surface area contributed by atoms with Gasteiger partial charge in [-0.15, -0.1) is 0 Å². The lowest BCUT2D eigenvalue weighted by molar-refractivity contribution is 0.219. The molecule has 0 saturated heterocycles. The zero-order chi connectivity index (χ0) is 11.8. The quantitative estimate of drug-likeness (QED) is 0.789. The molecule has 0 aliphatic rings. The van der Waals surface area contributed by atoms with E-state index in [9.17, 15) is 0 Å². The van der Waals surface area contributed by atoms with Crippen LogP contribution in [0.2, 0.25) is 5.02 Å². The molecular weight excluding hydrogens is 220 g/mol. The van der Waals surface area contributed by atoms with E-state index in [4.69, 9.17) is 16.7 Å². The summed E-state index contributed by atoms with van der Waals surface area (Å²) in [6.45, 7) is 2.42. The topological polar surface area (TPSA) is 20.2 Å². The van der Waals surface area contributed by atoms with Gasteiger partial charge in [-0.2, -0.15) is 0 Å². The molecule has 0 heterocycles. The molecule has 0 aliphatic heterocycles. The lowest BCUT2D eigenvalue weighted by Crippen LogP contribution is -2.03. The molecule has 1 aromatic rings. The Hall–Kier alpha value is -0.790. The zero-order valence-corrected chi connectivity index (χ0v) is 10.5. The summed E-state index contributed by atoms with van der Waals surface area (Å²) >= 11 is 5.80. The molecule has 1 rings (SSSR count). The van der Waals surface area contributed by atoms with Gasteiger partial charge in [-0.05, 0) is 36.5 Å². The number of rotatable bonds is 6. The van der Waals surface area contributed by atoms with Gasteiger partial charge >= 0.3 is 0 Å². The Bertz CT molecular complexity index is 316. The Morgan fingerprint density at radius 1 is 1.31 bits per heavy atom. The smallest absolute Gasteiger partial charge is 0.0462 e. The molecule has 1 N–H and O–H groups in total. The van der Waals surface area contributed by atoms with E-state index >= 15 is 0 Å². The minimum Gasteiger partial charge on any atom is -0.396 e. The molecule has 0 aromatic heterocycles. The van der Waals surface area contributed by atoms with Gasteiger partial charge in [0.15, 0.2) is 0 Å². The molecule has 0 fully saturated rings. The number of aliphatic hydroxyl groups is 1. The summed E-state index contributed by atoms with van der Waals surface area (Å²) < 4.78 is 0. The molecular formula is C14H19ClO. The highest BCUT2D eigenvalue weighted by atomic mass is 35.5. The molecule has 0 bridgehead atoms. The van der Waals surface area contributed by atoms with E-state index in [1.807, 2.05) is 24.3 Å². The second-order valence-electron chi connectivity index (χ2n) is 4.03. The van der Waals surface area contributed by atoms with Crippen LogP contribution in [0, 0.1) is 5.92 Å². The third-order valence-corrected chi connectivity index (χ3v) is 2.86. The number of hydrogen-bond donors (Lipinski definition) is 1. The van der Waals surface area contributed by atoms with Gasteiger partial charge in [-0.3, -0.25) is 0 Å². The molecule has 0 saturated carbocycles. The maximum absolute atomic E-state index is 9.14. The summed E-state index contributed by atoms with van der Waals surface area (Å²) in [5, 5.41) is 9.90. The molecule has 0 spiro atoms. The van der Waals surface area contributed by atoms with Crippen molar-refractivity contribution in [2.75, 3.05) is 6.61 Å². The molecule has 1 nitrogen and oxygen atoms in total. The Morgan fingerprint density at radius 2 is 2.00 bits per heavy atom. The van der Waals surface area contributed by atoms with Crippen LogP contribution in [0.25, 0.3) is 6.08 Å². The van der Waals surface area contributed by atoms with E-state index in [1.54, 1.807) is 0 Å². The molecule has 0 aliphatic carbocycles. The van der Waals surface area contributed by atoms with Crippen molar-refractivity contribution in [1.82, 2.24) is 0 Å². The summed E-state index contributed by atoms with van der Waals surface area (Å²) in [4.78, 5) is 0. The van der Waals surface area contributed by atoms with Crippen molar-refractivity contribution in [3.05, 3.63) is 40.9 Å². The van der Waals surface area contributed by atoms with Crippen molar-refractivity contribution in [2.24, 2.45) is 5.92 Å². The average Bonchev–Trinajstić information content (AvgIpc) is 2.30. The van der Waals surface area contributed by atoms with Crippen molar-refractivity contribution in [3.8, 4) is 0 Å². The van der Waals surface area contributed by atoms with Crippen LogP contribution in [0.4, 0.5) is 0 Å². The summed E-state index contributed by atoms with van der Waals surface area (Å²) in [5.74, 6) is 0.397. The monoisotopic (exact) mass is 238 g/mol. The second kappa shape index (κ2) is 7.48. The van der Waals surface area contributed by atoms with Gasteiger partial charge in [0.05, 0.1) is 0 Å². The zero-order valence-electron chi connectivity index (χ0n) is 9.70. The van der Waals surface area contributed by atoms with Gasteiger partial charge in [-0.1, -0.05) is 49.2 Å². The van der Waals surface area contributed by atoms with Crippen LogP contribution < -0.4 is 0 Å². The Morgan fingerprint density at radius 3 is 2.56 bits per heavy atom. The third kappa shape index (κ3) is 4.82. The first-order valence-electron chi connectivity index (χ1n) is 5.79. The van der Waals surface area contributed by atoms with E-state index < -0.39 is 0 Å². The van der Waals surface area contributed by atoms with E-state index in [0.717, 1.165) is 29.8 Å². The first-order valence-corrected chi connectivity index (χ1v) is 6.17. The minimum absolute atomic E-state index is 0.277. The van der Waals surface area contributed by atoms with Crippen LogP contribution in [-0.4, -0.2) is 11.7 Å².